The highest BCUT2D eigenvalue weighted by Crippen LogP contribution is 2.63. The molecule has 7 atom stereocenters. The number of rotatable bonds is 2. The molecule has 2 unspecified atom stereocenters. The molecule has 0 spiro atoms. The zero-order valence-electron chi connectivity index (χ0n) is 17.3. The van der Waals surface area contributed by atoms with E-state index in [0.29, 0.717) is 30.3 Å². The van der Waals surface area contributed by atoms with Crippen LogP contribution >= 0.6 is 0 Å². The maximum Gasteiger partial charge on any atom is 0.315 e. The molecule has 4 rings (SSSR count). The lowest BCUT2D eigenvalue weighted by Crippen LogP contribution is -2.60. The Hall–Kier alpha value is -1.52. The van der Waals surface area contributed by atoms with Crippen LogP contribution in [0.4, 0.5) is 4.79 Å². The maximum atomic E-state index is 12.2. The highest BCUT2D eigenvalue weighted by Gasteiger charge is 2.60. The Kier molecular flexibility index (Phi) is 4.55. The van der Waals surface area contributed by atoms with Gasteiger partial charge in [0.05, 0.1) is 0 Å². The van der Waals surface area contributed by atoms with Gasteiger partial charge in [-0.25, -0.2) is 4.79 Å². The fraction of sp³-hybridized carbons (Fsp3) is 0.818. The van der Waals surface area contributed by atoms with Crippen molar-refractivity contribution in [2.45, 2.75) is 71.4 Å². The molecule has 0 aromatic heterocycles. The fourth-order valence-electron chi connectivity index (χ4n) is 7.35. The summed E-state index contributed by atoms with van der Waals surface area (Å²) in [5.41, 5.74) is 0.299. The Morgan fingerprint density at radius 3 is 2.70 bits per heavy atom. The van der Waals surface area contributed by atoms with E-state index in [1.54, 1.807) is 6.08 Å². The lowest BCUT2D eigenvalue weighted by Gasteiger charge is -2.60. The van der Waals surface area contributed by atoms with Crippen molar-refractivity contribution in [2.75, 3.05) is 13.6 Å². The van der Waals surface area contributed by atoms with E-state index < -0.39 is 0 Å². The molecule has 1 heterocycles. The third kappa shape index (κ3) is 2.72. The quantitative estimate of drug-likeness (QED) is 0.780. The smallest absolute Gasteiger partial charge is 0.315 e. The number of amides is 3. The first kappa shape index (κ1) is 18.8. The molecule has 4 aliphatic rings. The van der Waals surface area contributed by atoms with Gasteiger partial charge in [0.1, 0.15) is 0 Å². The predicted octanol–water partition coefficient (Wildman–Crippen LogP) is 3.31. The van der Waals surface area contributed by atoms with Gasteiger partial charge in [-0.15, -0.1) is 0 Å². The van der Waals surface area contributed by atoms with E-state index in [2.05, 4.69) is 30.6 Å². The second kappa shape index (κ2) is 6.52. The molecule has 5 heteroatoms. The standard InChI is InChI=1S/C22H35N3O2/c1-5-23-20(27)24-17-8-7-15-14-6-9-18-22(3,13-11-19(26)25(18)4)16(14)10-12-21(15,17)2/h11,13-18H,5-10,12H2,1-4H3,(H2,23,24,27)/t14-,15-,16+,17?,18?,21-,22+/m0/s1. The molecular formula is C22H35N3O2. The van der Waals surface area contributed by atoms with E-state index in [4.69, 9.17) is 0 Å². The lowest BCUT2D eigenvalue weighted by molar-refractivity contribution is -0.138. The van der Waals surface area contributed by atoms with Crippen LogP contribution in [0.15, 0.2) is 12.2 Å². The van der Waals surface area contributed by atoms with E-state index in [-0.39, 0.29) is 28.8 Å². The number of likely N-dealkylation sites (N-methyl/N-ethyl adjacent to an activating group) is 1. The van der Waals surface area contributed by atoms with Crippen molar-refractivity contribution in [1.29, 1.82) is 0 Å². The van der Waals surface area contributed by atoms with Crippen molar-refractivity contribution in [3.63, 3.8) is 0 Å². The van der Waals surface area contributed by atoms with E-state index in [0.717, 1.165) is 12.8 Å². The number of hydrogen-bond acceptors (Lipinski definition) is 2. The number of fused-ring (bicyclic) bond motifs is 5. The number of urea groups is 1. The minimum absolute atomic E-state index is 0.0162. The summed E-state index contributed by atoms with van der Waals surface area (Å²) < 4.78 is 0. The van der Waals surface area contributed by atoms with Gasteiger partial charge in [0.25, 0.3) is 0 Å². The van der Waals surface area contributed by atoms with Crippen molar-refractivity contribution in [1.82, 2.24) is 15.5 Å². The molecule has 27 heavy (non-hydrogen) atoms. The zero-order chi connectivity index (χ0) is 19.4. The van der Waals surface area contributed by atoms with E-state index in [1.807, 2.05) is 18.9 Å². The lowest BCUT2D eigenvalue weighted by atomic mass is 9.48. The summed E-state index contributed by atoms with van der Waals surface area (Å²) >= 11 is 0. The molecule has 3 aliphatic carbocycles. The molecule has 3 saturated carbocycles. The Bertz CT molecular complexity index is 662. The van der Waals surface area contributed by atoms with Crippen LogP contribution in [0.25, 0.3) is 0 Å². The van der Waals surface area contributed by atoms with Crippen LogP contribution in [0.5, 0.6) is 0 Å². The first-order chi connectivity index (χ1) is 12.8. The van der Waals surface area contributed by atoms with Crippen molar-refractivity contribution in [2.24, 2.45) is 28.6 Å². The fourth-order valence-corrected chi connectivity index (χ4v) is 7.35. The monoisotopic (exact) mass is 373 g/mol. The van der Waals surface area contributed by atoms with Crippen molar-refractivity contribution < 1.29 is 9.59 Å². The average molecular weight is 374 g/mol. The second-order valence-corrected chi connectivity index (χ2v) is 9.80. The van der Waals surface area contributed by atoms with Crippen molar-refractivity contribution in [3.05, 3.63) is 12.2 Å². The van der Waals surface area contributed by atoms with Crippen LogP contribution in [-0.4, -0.2) is 42.5 Å². The van der Waals surface area contributed by atoms with Gasteiger partial charge in [0, 0.05) is 31.1 Å². The summed E-state index contributed by atoms with van der Waals surface area (Å²) in [5.74, 6) is 2.18. The third-order valence-electron chi connectivity index (χ3n) is 8.77. The first-order valence-corrected chi connectivity index (χ1v) is 10.8. The Balaban J connectivity index is 1.57. The van der Waals surface area contributed by atoms with E-state index in [1.165, 1.54) is 25.7 Å². The van der Waals surface area contributed by atoms with Crippen LogP contribution in [-0.2, 0) is 4.79 Å². The third-order valence-corrected chi connectivity index (χ3v) is 8.77. The average Bonchev–Trinajstić information content (AvgIpc) is 2.95. The van der Waals surface area contributed by atoms with Gasteiger partial charge in [-0.1, -0.05) is 19.9 Å². The molecule has 0 aromatic rings. The minimum atomic E-state index is -0.0162. The van der Waals surface area contributed by atoms with Gasteiger partial charge >= 0.3 is 6.03 Å². The Labute approximate surface area is 163 Å². The van der Waals surface area contributed by atoms with Gasteiger partial charge in [-0.05, 0) is 74.7 Å². The summed E-state index contributed by atoms with van der Waals surface area (Å²) in [6.07, 6.45) is 11.0. The van der Waals surface area contributed by atoms with Crippen LogP contribution in [0.2, 0.25) is 0 Å². The molecule has 0 aromatic carbocycles. The van der Waals surface area contributed by atoms with Gasteiger partial charge in [0.2, 0.25) is 5.91 Å². The maximum absolute atomic E-state index is 12.2. The Morgan fingerprint density at radius 1 is 1.19 bits per heavy atom. The number of nitrogens with one attached hydrogen (secondary N) is 2. The molecule has 0 bridgehead atoms. The SMILES string of the molecule is CCNC(=O)NC1CC[C@H]2[C@@H]3CCC4N(C)C(=O)C=C[C@]4(C)[C@@H]3CC[C@]12C. The molecule has 3 fully saturated rings. The number of nitrogens with zero attached hydrogens (tertiary/aromatic N) is 1. The number of hydrogen-bond donors (Lipinski definition) is 2. The minimum Gasteiger partial charge on any atom is -0.338 e. The summed E-state index contributed by atoms with van der Waals surface area (Å²) in [6, 6.07) is 0.607. The highest BCUT2D eigenvalue weighted by atomic mass is 16.2. The van der Waals surface area contributed by atoms with Gasteiger partial charge in [-0.2, -0.15) is 0 Å². The van der Waals surface area contributed by atoms with E-state index >= 15 is 0 Å². The molecule has 5 nitrogen and oxygen atoms in total. The summed E-state index contributed by atoms with van der Waals surface area (Å²) in [5, 5.41) is 6.17. The van der Waals surface area contributed by atoms with Crippen LogP contribution < -0.4 is 10.6 Å². The molecule has 1 aliphatic heterocycles. The van der Waals surface area contributed by atoms with Crippen LogP contribution in [0, 0.1) is 28.6 Å². The van der Waals surface area contributed by atoms with Gasteiger partial charge < -0.3 is 15.5 Å². The summed E-state index contributed by atoms with van der Waals surface area (Å²) in [6.45, 7) is 7.43. The van der Waals surface area contributed by atoms with Crippen molar-refractivity contribution in [3.8, 4) is 0 Å². The topological polar surface area (TPSA) is 61.4 Å². The molecule has 0 saturated heterocycles. The largest absolute Gasteiger partial charge is 0.338 e. The molecule has 3 amide bonds. The number of carbonyl (C=O) groups is 2. The van der Waals surface area contributed by atoms with Gasteiger partial charge in [0.15, 0.2) is 0 Å². The van der Waals surface area contributed by atoms with Crippen LogP contribution in [0.3, 0.4) is 0 Å². The highest BCUT2D eigenvalue weighted by molar-refractivity contribution is 5.89. The van der Waals surface area contributed by atoms with Crippen LogP contribution in [0.1, 0.15) is 59.3 Å². The summed E-state index contributed by atoms with van der Waals surface area (Å²) in [4.78, 5) is 26.3. The van der Waals surface area contributed by atoms with E-state index in [9.17, 15) is 9.59 Å². The molecule has 150 valence electrons. The molecule has 2 N–H and O–H groups in total. The zero-order valence-corrected chi connectivity index (χ0v) is 17.3. The first-order valence-electron chi connectivity index (χ1n) is 10.8. The molecule has 0 radical (unpaired) electrons. The second-order valence-electron chi connectivity index (χ2n) is 9.80. The molecular weight excluding hydrogens is 338 g/mol. The van der Waals surface area contributed by atoms with Gasteiger partial charge in [-0.3, -0.25) is 4.79 Å². The van der Waals surface area contributed by atoms with Crippen molar-refractivity contribution >= 4 is 11.9 Å². The number of carbonyl (C=O) groups excluding carboxylic acids is 2. The predicted molar refractivity (Wildman–Crippen MR) is 106 cm³/mol. The normalized spacial score (nSPS) is 45.7. The summed E-state index contributed by atoms with van der Waals surface area (Å²) in [7, 11) is 1.98. The Morgan fingerprint density at radius 2 is 1.96 bits per heavy atom.